The Morgan fingerprint density at radius 1 is 1.24 bits per heavy atom. The number of carbonyl (C=O) groups excluding carboxylic acids is 1. The first-order valence-corrected chi connectivity index (χ1v) is 9.63. The Kier molecular flexibility index (Phi) is 4.29. The van der Waals surface area contributed by atoms with Gasteiger partial charge >= 0.3 is 5.97 Å². The molecule has 25 heavy (non-hydrogen) atoms. The third-order valence-electron chi connectivity index (χ3n) is 4.82. The molecule has 0 aliphatic carbocycles. The third-order valence-corrected chi connectivity index (χ3v) is 6.20. The number of anilines is 1. The number of thioether (sulfide) groups is 1. The molecule has 5 nitrogen and oxygen atoms in total. The maximum absolute atomic E-state index is 12.4. The molecule has 1 aromatic rings. The largest absolute Gasteiger partial charge is 0.480 e. The fourth-order valence-electron chi connectivity index (χ4n) is 3.84. The average molecular weight is 374 g/mol. The molecule has 1 aromatic carbocycles. The molecule has 1 N–H and O–H groups in total. The minimum absolute atomic E-state index is 0.309. The highest BCUT2D eigenvalue weighted by Gasteiger charge is 2.33. The van der Waals surface area contributed by atoms with Crippen LogP contribution in [-0.2, 0) is 22.4 Å². The highest BCUT2D eigenvalue weighted by molar-refractivity contribution is 8.26. The van der Waals surface area contributed by atoms with Gasteiger partial charge in [0.15, 0.2) is 0 Å². The highest BCUT2D eigenvalue weighted by atomic mass is 32.2. The first-order chi connectivity index (χ1) is 12.0. The Bertz CT molecular complexity index is 788. The van der Waals surface area contributed by atoms with Crippen molar-refractivity contribution >= 4 is 51.9 Å². The second-order valence-corrected chi connectivity index (χ2v) is 8.22. The van der Waals surface area contributed by atoms with Gasteiger partial charge in [0.25, 0.3) is 5.91 Å². The topological polar surface area (TPSA) is 60.9 Å². The zero-order valence-electron chi connectivity index (χ0n) is 13.7. The number of rotatable bonds is 3. The lowest BCUT2D eigenvalue weighted by Crippen LogP contribution is -2.34. The number of nitrogens with zero attached hydrogens (tertiary/aromatic N) is 2. The highest BCUT2D eigenvalue weighted by Crippen LogP contribution is 2.38. The van der Waals surface area contributed by atoms with Crippen molar-refractivity contribution in [2.75, 3.05) is 24.5 Å². The van der Waals surface area contributed by atoms with E-state index in [1.165, 1.54) is 28.6 Å². The van der Waals surface area contributed by atoms with Crippen LogP contribution in [0.5, 0.6) is 0 Å². The molecule has 1 fully saturated rings. The zero-order valence-corrected chi connectivity index (χ0v) is 15.3. The molecule has 0 radical (unpaired) electrons. The maximum atomic E-state index is 12.4. The molecule has 0 unspecified atom stereocenters. The van der Waals surface area contributed by atoms with Crippen LogP contribution in [0.2, 0.25) is 0 Å². The molecule has 3 heterocycles. The fraction of sp³-hybridized carbons (Fsp3) is 0.389. The van der Waals surface area contributed by atoms with E-state index < -0.39 is 5.97 Å². The van der Waals surface area contributed by atoms with Gasteiger partial charge in [-0.1, -0.05) is 24.0 Å². The van der Waals surface area contributed by atoms with E-state index in [1.807, 2.05) is 6.08 Å². The van der Waals surface area contributed by atoms with Crippen molar-refractivity contribution in [2.45, 2.75) is 25.7 Å². The fourth-order valence-corrected chi connectivity index (χ4v) is 5.09. The van der Waals surface area contributed by atoms with Crippen molar-refractivity contribution in [3.8, 4) is 0 Å². The molecule has 1 amide bonds. The lowest BCUT2D eigenvalue weighted by molar-refractivity contribution is -0.140. The molecule has 0 atom stereocenters. The first kappa shape index (κ1) is 16.6. The molecule has 7 heteroatoms. The normalized spacial score (nSPS) is 21.0. The number of carboxylic acids is 1. The maximum Gasteiger partial charge on any atom is 0.323 e. The van der Waals surface area contributed by atoms with Gasteiger partial charge in [-0.2, -0.15) is 0 Å². The number of aryl methyl sites for hydroxylation is 2. The number of aliphatic carboxylic acids is 1. The Morgan fingerprint density at radius 2 is 1.88 bits per heavy atom. The molecule has 0 spiro atoms. The molecule has 0 saturated carbocycles. The average Bonchev–Trinajstić information content (AvgIpc) is 2.82. The van der Waals surface area contributed by atoms with Crippen LogP contribution in [0.4, 0.5) is 5.69 Å². The molecular formula is C18H18N2O3S2. The Morgan fingerprint density at radius 3 is 2.48 bits per heavy atom. The van der Waals surface area contributed by atoms with E-state index in [4.69, 9.17) is 17.3 Å². The van der Waals surface area contributed by atoms with Gasteiger partial charge in [-0.15, -0.1) is 0 Å². The van der Waals surface area contributed by atoms with Crippen LogP contribution in [0.3, 0.4) is 0 Å². The summed E-state index contributed by atoms with van der Waals surface area (Å²) in [6, 6.07) is 4.33. The van der Waals surface area contributed by atoms with E-state index in [2.05, 4.69) is 17.0 Å². The lowest BCUT2D eigenvalue weighted by Gasteiger charge is -2.37. The summed E-state index contributed by atoms with van der Waals surface area (Å²) in [5.74, 6) is -1.37. The monoisotopic (exact) mass is 374 g/mol. The van der Waals surface area contributed by atoms with Gasteiger partial charge in [0.2, 0.25) is 0 Å². The van der Waals surface area contributed by atoms with Gasteiger partial charge < -0.3 is 10.0 Å². The quantitative estimate of drug-likeness (QED) is 0.648. The molecule has 1 saturated heterocycles. The summed E-state index contributed by atoms with van der Waals surface area (Å²) in [6.45, 7) is 1.88. The van der Waals surface area contributed by atoms with E-state index in [0.29, 0.717) is 9.23 Å². The Balaban J connectivity index is 1.67. The number of hydrogen-bond acceptors (Lipinski definition) is 5. The van der Waals surface area contributed by atoms with Crippen LogP contribution < -0.4 is 4.90 Å². The summed E-state index contributed by atoms with van der Waals surface area (Å²) >= 11 is 6.34. The van der Waals surface area contributed by atoms with Gasteiger partial charge in [0.05, 0.1) is 4.91 Å². The van der Waals surface area contributed by atoms with Gasteiger partial charge in [0.1, 0.15) is 10.9 Å². The second-order valence-electron chi connectivity index (χ2n) is 6.54. The number of carboxylic acid groups (broad SMARTS) is 1. The number of carbonyl (C=O) groups is 2. The Labute approximate surface area is 155 Å². The van der Waals surface area contributed by atoms with Crippen LogP contribution in [0.1, 0.15) is 29.5 Å². The third kappa shape index (κ3) is 3.06. The minimum Gasteiger partial charge on any atom is -0.480 e. The van der Waals surface area contributed by atoms with Crippen molar-refractivity contribution in [3.63, 3.8) is 0 Å². The van der Waals surface area contributed by atoms with Crippen LogP contribution in [0.25, 0.3) is 6.08 Å². The molecule has 0 aromatic heterocycles. The molecule has 3 aliphatic heterocycles. The summed E-state index contributed by atoms with van der Waals surface area (Å²) in [7, 11) is 0. The Hall–Kier alpha value is -1.86. The van der Waals surface area contributed by atoms with Crippen LogP contribution in [0, 0.1) is 0 Å². The van der Waals surface area contributed by atoms with E-state index >= 15 is 0 Å². The predicted molar refractivity (Wildman–Crippen MR) is 103 cm³/mol. The minimum atomic E-state index is -1.06. The molecule has 0 bridgehead atoms. The zero-order chi connectivity index (χ0) is 17.6. The van der Waals surface area contributed by atoms with E-state index in [-0.39, 0.29) is 12.5 Å². The van der Waals surface area contributed by atoms with Crippen molar-refractivity contribution in [3.05, 3.63) is 33.7 Å². The standard InChI is InChI=1S/C18H18N2O3S2/c21-15(22)10-20-17(23)14(25-18(20)24)9-11-7-12-3-1-5-19-6-2-4-13(8-11)16(12)19/h7-9H,1-6,10H2,(H,21,22)/b14-9+. The molecular weight excluding hydrogens is 356 g/mol. The molecule has 4 rings (SSSR count). The van der Waals surface area contributed by atoms with Gasteiger partial charge in [-0.05, 0) is 60.6 Å². The van der Waals surface area contributed by atoms with E-state index in [0.717, 1.165) is 49.2 Å². The van der Waals surface area contributed by atoms with Gasteiger partial charge in [-0.3, -0.25) is 14.5 Å². The van der Waals surface area contributed by atoms with Crippen LogP contribution >= 0.6 is 24.0 Å². The van der Waals surface area contributed by atoms with Crippen molar-refractivity contribution < 1.29 is 14.7 Å². The predicted octanol–water partition coefficient (Wildman–Crippen LogP) is 2.67. The van der Waals surface area contributed by atoms with Crippen molar-refractivity contribution in [2.24, 2.45) is 0 Å². The van der Waals surface area contributed by atoms with E-state index in [9.17, 15) is 9.59 Å². The second kappa shape index (κ2) is 6.46. The summed E-state index contributed by atoms with van der Waals surface area (Å²) in [5, 5.41) is 8.93. The smallest absolute Gasteiger partial charge is 0.323 e. The van der Waals surface area contributed by atoms with Crippen molar-refractivity contribution in [1.82, 2.24) is 4.90 Å². The number of amides is 1. The first-order valence-electron chi connectivity index (χ1n) is 8.41. The number of hydrogen-bond donors (Lipinski definition) is 1. The summed E-state index contributed by atoms with van der Waals surface area (Å²) < 4.78 is 0.309. The van der Waals surface area contributed by atoms with Gasteiger partial charge in [-0.25, -0.2) is 0 Å². The van der Waals surface area contributed by atoms with Gasteiger partial charge in [0, 0.05) is 18.8 Å². The molecule has 130 valence electrons. The van der Waals surface area contributed by atoms with Crippen LogP contribution in [0.15, 0.2) is 17.0 Å². The molecule has 3 aliphatic rings. The SMILES string of the molecule is O=C(O)CN1C(=O)/C(=C\c2cc3c4c(c2)CCCN4CCC3)SC1=S. The summed E-state index contributed by atoms with van der Waals surface area (Å²) in [6.07, 6.45) is 6.32. The summed E-state index contributed by atoms with van der Waals surface area (Å²) in [4.78, 5) is 27.5. The lowest BCUT2D eigenvalue weighted by atomic mass is 9.90. The van der Waals surface area contributed by atoms with Crippen molar-refractivity contribution in [1.29, 1.82) is 0 Å². The van der Waals surface area contributed by atoms with Crippen LogP contribution in [-0.4, -0.2) is 45.8 Å². The summed E-state index contributed by atoms with van der Waals surface area (Å²) in [5.41, 5.74) is 5.12. The van der Waals surface area contributed by atoms with E-state index in [1.54, 1.807) is 0 Å². The number of benzene rings is 1. The number of thiocarbonyl (C=S) groups is 1.